The summed E-state index contributed by atoms with van der Waals surface area (Å²) in [4.78, 5) is 16.5. The van der Waals surface area contributed by atoms with Crippen molar-refractivity contribution in [2.45, 2.75) is 32.4 Å². The van der Waals surface area contributed by atoms with E-state index in [2.05, 4.69) is 34.8 Å². The third kappa shape index (κ3) is 3.17. The molecule has 0 radical (unpaired) electrons. The van der Waals surface area contributed by atoms with Crippen LogP contribution >= 0.6 is 0 Å². The van der Waals surface area contributed by atoms with Crippen LogP contribution in [0.5, 0.6) is 0 Å². The van der Waals surface area contributed by atoms with E-state index in [9.17, 15) is 4.79 Å². The number of aromatic nitrogens is 5. The van der Waals surface area contributed by atoms with Crippen LogP contribution in [-0.2, 0) is 16.2 Å². The van der Waals surface area contributed by atoms with Crippen LogP contribution < -0.4 is 0 Å². The Morgan fingerprint density at radius 3 is 2.83 bits per heavy atom. The van der Waals surface area contributed by atoms with Crippen LogP contribution in [0.25, 0.3) is 16.8 Å². The van der Waals surface area contributed by atoms with Gasteiger partial charge in [0.1, 0.15) is 24.1 Å². The molecule has 128 valence electrons. The van der Waals surface area contributed by atoms with E-state index in [1.807, 2.05) is 4.57 Å². The zero-order valence-corrected chi connectivity index (χ0v) is 15.3. The molecule has 24 heavy (non-hydrogen) atoms. The molecule has 3 aromatic rings. The molecule has 9 heteroatoms. The van der Waals surface area contributed by atoms with Crippen molar-refractivity contribution in [2.75, 3.05) is 13.7 Å². The number of carbonyl (C=O) groups is 1. The Morgan fingerprint density at radius 1 is 1.33 bits per heavy atom. The predicted molar refractivity (Wildman–Crippen MR) is 91.7 cm³/mol. The van der Waals surface area contributed by atoms with Crippen molar-refractivity contribution in [1.82, 2.24) is 24.1 Å². The number of fused-ring (bicyclic) bond motifs is 3. The molecule has 0 atom stereocenters. The van der Waals surface area contributed by atoms with Gasteiger partial charge < -0.3 is 14.0 Å². The Balaban J connectivity index is 1.95. The van der Waals surface area contributed by atoms with Gasteiger partial charge in [0.2, 0.25) is 0 Å². The molecule has 0 aromatic carbocycles. The average molecular weight is 347 g/mol. The van der Waals surface area contributed by atoms with Crippen LogP contribution in [0.4, 0.5) is 0 Å². The lowest BCUT2D eigenvalue weighted by atomic mass is 10.3. The van der Waals surface area contributed by atoms with E-state index >= 15 is 0 Å². The Bertz CT molecular complexity index is 880. The largest absolute Gasteiger partial charge is 0.465 e. The van der Waals surface area contributed by atoms with Gasteiger partial charge in [-0.3, -0.25) is 4.40 Å². The van der Waals surface area contributed by atoms with Crippen molar-refractivity contribution in [2.24, 2.45) is 0 Å². The monoisotopic (exact) mass is 347 g/mol. The van der Waals surface area contributed by atoms with E-state index in [1.54, 1.807) is 23.1 Å². The van der Waals surface area contributed by atoms with Gasteiger partial charge in [-0.25, -0.2) is 9.78 Å². The standard InChI is InChI=1S/C15H21N5O3Si/c1-22-15(21)11-8-19(10-23-5-6-24(2,3)4)14-13(11)20-9-17-18-12(20)7-16-14/h7-9H,5-6,10H2,1-4H3. The predicted octanol–water partition coefficient (Wildman–Crippen LogP) is 2.18. The molecule has 0 saturated heterocycles. The molecule has 0 amide bonds. The SMILES string of the molecule is COC(=O)c1cn(COCC[Si](C)(C)C)c2ncc3nncn3c12. The number of nitrogens with zero attached hydrogens (tertiary/aromatic N) is 5. The summed E-state index contributed by atoms with van der Waals surface area (Å²) < 4.78 is 14.2. The number of esters is 1. The summed E-state index contributed by atoms with van der Waals surface area (Å²) >= 11 is 0. The van der Waals surface area contributed by atoms with Crippen LogP contribution in [-0.4, -0.2) is 51.9 Å². The fraction of sp³-hybridized carbons (Fsp3) is 0.467. The van der Waals surface area contributed by atoms with E-state index in [0.29, 0.717) is 35.7 Å². The summed E-state index contributed by atoms with van der Waals surface area (Å²) in [7, 11) is 0.217. The first-order valence-corrected chi connectivity index (χ1v) is 11.4. The molecule has 3 heterocycles. The molecule has 3 rings (SSSR count). The molecule has 0 spiro atoms. The first-order chi connectivity index (χ1) is 11.4. The van der Waals surface area contributed by atoms with Crippen molar-refractivity contribution in [3.63, 3.8) is 0 Å². The molecular formula is C15H21N5O3Si. The van der Waals surface area contributed by atoms with Crippen LogP contribution in [0.3, 0.4) is 0 Å². The second kappa shape index (κ2) is 6.33. The molecule has 0 fully saturated rings. The molecule has 3 aromatic heterocycles. The topological polar surface area (TPSA) is 83.5 Å². The normalized spacial score (nSPS) is 12.2. The first kappa shape index (κ1) is 16.6. The summed E-state index contributed by atoms with van der Waals surface area (Å²) in [6.45, 7) is 7.94. The Kier molecular flexibility index (Phi) is 4.37. The van der Waals surface area contributed by atoms with Gasteiger partial charge >= 0.3 is 5.97 Å². The van der Waals surface area contributed by atoms with Crippen molar-refractivity contribution >= 4 is 30.9 Å². The third-order valence-corrected chi connectivity index (χ3v) is 5.48. The third-order valence-electron chi connectivity index (χ3n) is 3.77. The van der Waals surface area contributed by atoms with Gasteiger partial charge in [0.05, 0.1) is 13.3 Å². The van der Waals surface area contributed by atoms with Crippen LogP contribution in [0.15, 0.2) is 18.7 Å². The van der Waals surface area contributed by atoms with Gasteiger partial charge in [0.15, 0.2) is 11.3 Å². The van der Waals surface area contributed by atoms with Crippen LogP contribution in [0, 0.1) is 0 Å². The number of methoxy groups -OCH3 is 1. The van der Waals surface area contributed by atoms with Gasteiger partial charge in [-0.1, -0.05) is 19.6 Å². The maximum Gasteiger partial charge on any atom is 0.341 e. The van der Waals surface area contributed by atoms with Gasteiger partial charge in [-0.2, -0.15) is 0 Å². The Morgan fingerprint density at radius 2 is 2.12 bits per heavy atom. The van der Waals surface area contributed by atoms with Gasteiger partial charge in [0.25, 0.3) is 0 Å². The summed E-state index contributed by atoms with van der Waals surface area (Å²) in [6.07, 6.45) is 4.88. The lowest BCUT2D eigenvalue weighted by molar-refractivity contribution is 0.0600. The van der Waals surface area contributed by atoms with Crippen molar-refractivity contribution in [3.8, 4) is 0 Å². The number of rotatable bonds is 6. The molecule has 0 saturated carbocycles. The van der Waals surface area contributed by atoms with E-state index in [-0.39, 0.29) is 0 Å². The zero-order valence-electron chi connectivity index (χ0n) is 14.3. The minimum atomic E-state index is -1.14. The Labute approximate surface area is 140 Å². The average Bonchev–Trinajstić information content (AvgIpc) is 3.13. The fourth-order valence-corrected chi connectivity index (χ4v) is 3.19. The summed E-state index contributed by atoms with van der Waals surface area (Å²) in [6, 6.07) is 1.08. The minimum Gasteiger partial charge on any atom is -0.465 e. The van der Waals surface area contributed by atoms with E-state index in [0.717, 1.165) is 6.04 Å². The quantitative estimate of drug-likeness (QED) is 0.386. The van der Waals surface area contributed by atoms with Crippen LogP contribution in [0.1, 0.15) is 10.4 Å². The highest BCUT2D eigenvalue weighted by molar-refractivity contribution is 6.76. The highest BCUT2D eigenvalue weighted by Gasteiger charge is 2.20. The lowest BCUT2D eigenvalue weighted by Gasteiger charge is -2.15. The minimum absolute atomic E-state index is 0.332. The molecule has 0 aliphatic carbocycles. The van der Waals surface area contributed by atoms with E-state index in [4.69, 9.17) is 9.47 Å². The smallest absolute Gasteiger partial charge is 0.341 e. The molecule has 0 N–H and O–H groups in total. The summed E-state index contributed by atoms with van der Waals surface area (Å²) in [5.41, 5.74) is 2.25. The van der Waals surface area contributed by atoms with Gasteiger partial charge in [-0.15, -0.1) is 10.2 Å². The molecule has 0 unspecified atom stereocenters. The number of hydrogen-bond acceptors (Lipinski definition) is 6. The fourth-order valence-electron chi connectivity index (χ4n) is 2.43. The van der Waals surface area contributed by atoms with Crippen molar-refractivity contribution in [1.29, 1.82) is 0 Å². The number of ether oxygens (including phenoxy) is 2. The summed E-state index contributed by atoms with van der Waals surface area (Å²) in [5, 5.41) is 7.84. The second-order valence-electron chi connectivity index (χ2n) is 6.84. The maximum absolute atomic E-state index is 12.1. The maximum atomic E-state index is 12.1. The molecule has 8 nitrogen and oxygen atoms in total. The summed E-state index contributed by atoms with van der Waals surface area (Å²) in [5.74, 6) is -0.427. The van der Waals surface area contributed by atoms with Crippen molar-refractivity contribution < 1.29 is 14.3 Å². The molecule has 0 aliphatic rings. The molecular weight excluding hydrogens is 326 g/mol. The number of carbonyl (C=O) groups excluding carboxylic acids is 1. The first-order valence-electron chi connectivity index (χ1n) is 7.74. The second-order valence-corrected chi connectivity index (χ2v) is 12.5. The van der Waals surface area contributed by atoms with Crippen LogP contribution in [0.2, 0.25) is 25.7 Å². The lowest BCUT2D eigenvalue weighted by Crippen LogP contribution is -2.22. The number of hydrogen-bond donors (Lipinski definition) is 0. The Hall–Kier alpha value is -2.26. The highest BCUT2D eigenvalue weighted by atomic mass is 28.3. The zero-order chi connectivity index (χ0) is 17.3. The highest BCUT2D eigenvalue weighted by Crippen LogP contribution is 2.21. The van der Waals surface area contributed by atoms with Gasteiger partial charge in [-0.05, 0) is 6.04 Å². The van der Waals surface area contributed by atoms with Gasteiger partial charge in [0, 0.05) is 20.9 Å². The molecule has 0 bridgehead atoms. The van der Waals surface area contributed by atoms with E-state index in [1.165, 1.54) is 7.11 Å². The molecule has 0 aliphatic heterocycles. The van der Waals surface area contributed by atoms with Crippen molar-refractivity contribution in [3.05, 3.63) is 24.3 Å². The van der Waals surface area contributed by atoms with E-state index < -0.39 is 14.0 Å².